The predicted octanol–water partition coefficient (Wildman–Crippen LogP) is 2.86. The number of benzene rings is 2. The predicted molar refractivity (Wildman–Crippen MR) is 150 cm³/mol. The van der Waals surface area contributed by atoms with Crippen molar-refractivity contribution in [3.63, 3.8) is 0 Å². The van der Waals surface area contributed by atoms with Gasteiger partial charge in [0, 0.05) is 37.1 Å². The normalized spacial score (nSPS) is 18.8. The van der Waals surface area contributed by atoms with E-state index in [9.17, 15) is 24.6 Å². The van der Waals surface area contributed by atoms with E-state index in [0.29, 0.717) is 38.9 Å². The van der Waals surface area contributed by atoms with E-state index >= 15 is 0 Å². The standard InChI is InChI=1S/C28H33IN2O7/c1-3-7-25(34)31(16-18-8-5-4-6-9-18)22-14-20(28(36)30-10-11-32)15-23(26(22)35)38-27-21(29)12-19(17-33)13-24(27)37-2/h4-6,8-9,12-13,15,17,22-23,26,32,35H,3,7,10-11,14,16H2,1-2H3,(H,30,36). The molecule has 38 heavy (non-hydrogen) atoms. The average molecular weight is 636 g/mol. The highest BCUT2D eigenvalue weighted by Crippen LogP contribution is 2.37. The van der Waals surface area contributed by atoms with E-state index in [1.165, 1.54) is 13.2 Å². The van der Waals surface area contributed by atoms with Gasteiger partial charge in [-0.1, -0.05) is 37.3 Å². The Labute approximate surface area is 236 Å². The molecule has 10 heteroatoms. The van der Waals surface area contributed by atoms with Crippen LogP contribution in [-0.2, 0) is 16.1 Å². The summed E-state index contributed by atoms with van der Waals surface area (Å²) in [6.45, 7) is 2.01. The maximum Gasteiger partial charge on any atom is 0.247 e. The molecule has 1 aliphatic rings. The van der Waals surface area contributed by atoms with Crippen molar-refractivity contribution in [2.75, 3.05) is 20.3 Å². The molecule has 204 valence electrons. The summed E-state index contributed by atoms with van der Waals surface area (Å²) >= 11 is 2.02. The van der Waals surface area contributed by atoms with Gasteiger partial charge in [0.1, 0.15) is 18.5 Å². The van der Waals surface area contributed by atoms with Crippen molar-refractivity contribution in [3.05, 3.63) is 68.8 Å². The van der Waals surface area contributed by atoms with Crippen LogP contribution in [0.4, 0.5) is 0 Å². The van der Waals surface area contributed by atoms with E-state index in [2.05, 4.69) is 5.32 Å². The maximum absolute atomic E-state index is 13.3. The lowest BCUT2D eigenvalue weighted by molar-refractivity contribution is -0.139. The Hall–Kier alpha value is -2.96. The Morgan fingerprint density at radius 3 is 2.61 bits per heavy atom. The lowest BCUT2D eigenvalue weighted by Gasteiger charge is -2.40. The molecule has 3 N–H and O–H groups in total. The summed E-state index contributed by atoms with van der Waals surface area (Å²) in [4.78, 5) is 39.2. The average Bonchev–Trinajstić information content (AvgIpc) is 2.93. The third kappa shape index (κ3) is 7.33. The van der Waals surface area contributed by atoms with Crippen molar-refractivity contribution in [2.45, 2.75) is 51.0 Å². The second-order valence-corrected chi connectivity index (χ2v) is 10.1. The van der Waals surface area contributed by atoms with Crippen molar-refractivity contribution in [3.8, 4) is 11.5 Å². The van der Waals surface area contributed by atoms with Crippen LogP contribution in [0.25, 0.3) is 0 Å². The lowest BCUT2D eigenvalue weighted by Crippen LogP contribution is -2.54. The van der Waals surface area contributed by atoms with Gasteiger partial charge < -0.3 is 29.9 Å². The van der Waals surface area contributed by atoms with Crippen LogP contribution in [-0.4, -0.2) is 71.7 Å². The minimum Gasteiger partial charge on any atom is -0.493 e. The van der Waals surface area contributed by atoms with Crippen LogP contribution in [0.2, 0.25) is 0 Å². The zero-order chi connectivity index (χ0) is 27.7. The van der Waals surface area contributed by atoms with Gasteiger partial charge in [-0.15, -0.1) is 0 Å². The number of nitrogens with one attached hydrogen (secondary N) is 1. The number of carbonyl (C=O) groups is 3. The van der Waals surface area contributed by atoms with E-state index in [0.717, 1.165) is 5.56 Å². The monoisotopic (exact) mass is 636 g/mol. The van der Waals surface area contributed by atoms with Gasteiger partial charge in [0.05, 0.1) is 23.3 Å². The number of carbonyl (C=O) groups excluding carboxylic acids is 3. The molecule has 0 aliphatic heterocycles. The van der Waals surface area contributed by atoms with Gasteiger partial charge in [-0.25, -0.2) is 0 Å². The Morgan fingerprint density at radius 2 is 1.97 bits per heavy atom. The molecule has 0 fully saturated rings. The number of aliphatic hydroxyl groups is 2. The van der Waals surface area contributed by atoms with Crippen LogP contribution in [0.5, 0.6) is 11.5 Å². The highest BCUT2D eigenvalue weighted by atomic mass is 127. The van der Waals surface area contributed by atoms with Gasteiger partial charge in [0.25, 0.3) is 0 Å². The fourth-order valence-corrected chi connectivity index (χ4v) is 5.12. The van der Waals surface area contributed by atoms with Gasteiger partial charge in [-0.2, -0.15) is 0 Å². The van der Waals surface area contributed by atoms with Crippen LogP contribution in [0.3, 0.4) is 0 Å². The number of amides is 2. The SMILES string of the molecule is CCCC(=O)N(Cc1ccccc1)C1CC(C(=O)NCCO)=CC(Oc2c(I)cc(C=O)cc2OC)C1O. The third-order valence-corrected chi connectivity index (χ3v) is 7.04. The quantitative estimate of drug-likeness (QED) is 0.242. The Morgan fingerprint density at radius 1 is 1.24 bits per heavy atom. The molecule has 2 amide bonds. The zero-order valence-electron chi connectivity index (χ0n) is 21.4. The molecule has 3 atom stereocenters. The van der Waals surface area contributed by atoms with Crippen LogP contribution in [0.15, 0.2) is 54.1 Å². The summed E-state index contributed by atoms with van der Waals surface area (Å²) in [5.41, 5.74) is 1.63. The molecule has 3 unspecified atom stereocenters. The van der Waals surface area contributed by atoms with Gasteiger partial charge >= 0.3 is 0 Å². The summed E-state index contributed by atoms with van der Waals surface area (Å²) < 4.78 is 12.3. The molecule has 2 aromatic carbocycles. The fourth-order valence-electron chi connectivity index (χ4n) is 4.37. The van der Waals surface area contributed by atoms with Crippen molar-refractivity contribution < 1.29 is 34.1 Å². The Balaban J connectivity index is 2.03. The second kappa shape index (κ2) is 14.3. The van der Waals surface area contributed by atoms with E-state index in [1.54, 1.807) is 17.0 Å². The summed E-state index contributed by atoms with van der Waals surface area (Å²) in [5, 5.41) is 23.4. The molecule has 0 aromatic heterocycles. The first-order valence-corrected chi connectivity index (χ1v) is 13.5. The van der Waals surface area contributed by atoms with Crippen LogP contribution in [0, 0.1) is 3.57 Å². The first kappa shape index (κ1) is 29.6. The molecule has 0 bridgehead atoms. The Kier molecular flexibility index (Phi) is 11.1. The highest BCUT2D eigenvalue weighted by Gasteiger charge is 2.40. The fraction of sp³-hybridized carbons (Fsp3) is 0.393. The summed E-state index contributed by atoms with van der Waals surface area (Å²) in [7, 11) is 1.45. The van der Waals surface area contributed by atoms with Crippen LogP contribution < -0.4 is 14.8 Å². The molecule has 2 aromatic rings. The molecule has 0 spiro atoms. The van der Waals surface area contributed by atoms with Crippen LogP contribution >= 0.6 is 22.6 Å². The molecular formula is C28H33IN2O7. The molecule has 0 saturated carbocycles. The molecule has 3 rings (SSSR count). The van der Waals surface area contributed by atoms with E-state index < -0.39 is 24.2 Å². The molecular weight excluding hydrogens is 603 g/mol. The molecule has 9 nitrogen and oxygen atoms in total. The van der Waals surface area contributed by atoms with Crippen molar-refractivity contribution in [1.82, 2.24) is 10.2 Å². The summed E-state index contributed by atoms with van der Waals surface area (Å²) in [6, 6.07) is 11.9. The topological polar surface area (TPSA) is 125 Å². The number of hydrogen-bond donors (Lipinski definition) is 3. The van der Waals surface area contributed by atoms with Gasteiger partial charge in [0.2, 0.25) is 11.8 Å². The summed E-state index contributed by atoms with van der Waals surface area (Å²) in [5.74, 6) is 0.0595. The van der Waals surface area contributed by atoms with Crippen molar-refractivity contribution >= 4 is 40.7 Å². The number of ether oxygens (including phenoxy) is 2. The van der Waals surface area contributed by atoms with Crippen LogP contribution in [0.1, 0.15) is 42.1 Å². The molecule has 0 radical (unpaired) electrons. The number of nitrogens with zero attached hydrogens (tertiary/aromatic N) is 1. The number of halogens is 1. The first-order chi connectivity index (χ1) is 18.3. The van der Waals surface area contributed by atoms with Crippen molar-refractivity contribution in [2.24, 2.45) is 0 Å². The summed E-state index contributed by atoms with van der Waals surface area (Å²) in [6.07, 6.45) is 1.10. The molecule has 0 heterocycles. The third-order valence-electron chi connectivity index (χ3n) is 6.24. The second-order valence-electron chi connectivity index (χ2n) is 8.93. The van der Waals surface area contributed by atoms with Gasteiger partial charge in [0.15, 0.2) is 11.5 Å². The smallest absolute Gasteiger partial charge is 0.247 e. The van der Waals surface area contributed by atoms with Gasteiger partial charge in [-0.3, -0.25) is 14.4 Å². The van der Waals surface area contributed by atoms with E-state index in [1.807, 2.05) is 59.8 Å². The largest absolute Gasteiger partial charge is 0.493 e. The number of aliphatic hydroxyl groups excluding tert-OH is 2. The minimum absolute atomic E-state index is 0.0658. The number of rotatable bonds is 12. The number of aldehydes is 1. The lowest BCUT2D eigenvalue weighted by atomic mass is 9.87. The highest BCUT2D eigenvalue weighted by molar-refractivity contribution is 14.1. The molecule has 0 saturated heterocycles. The maximum atomic E-state index is 13.3. The van der Waals surface area contributed by atoms with E-state index in [-0.39, 0.29) is 38.4 Å². The first-order valence-electron chi connectivity index (χ1n) is 12.4. The number of hydrogen-bond acceptors (Lipinski definition) is 7. The van der Waals surface area contributed by atoms with E-state index in [4.69, 9.17) is 9.47 Å². The van der Waals surface area contributed by atoms with Crippen molar-refractivity contribution in [1.29, 1.82) is 0 Å². The zero-order valence-corrected chi connectivity index (χ0v) is 23.6. The Bertz CT molecular complexity index is 1160. The minimum atomic E-state index is -1.17. The number of methoxy groups -OCH3 is 1. The van der Waals surface area contributed by atoms with Gasteiger partial charge in [-0.05, 0) is 52.8 Å². The molecule has 1 aliphatic carbocycles.